The van der Waals surface area contributed by atoms with Crippen molar-refractivity contribution in [3.8, 4) is 0 Å². The fourth-order valence-electron chi connectivity index (χ4n) is 2.48. The lowest BCUT2D eigenvalue weighted by molar-refractivity contribution is -0.131. The van der Waals surface area contributed by atoms with Gasteiger partial charge in [0, 0.05) is 13.1 Å². The molecule has 0 unspecified atom stereocenters. The van der Waals surface area contributed by atoms with Crippen molar-refractivity contribution in [1.29, 1.82) is 0 Å². The summed E-state index contributed by atoms with van der Waals surface area (Å²) < 4.78 is 0.910. The third kappa shape index (κ3) is 4.06. The number of hydrogen-bond donors (Lipinski definition) is 1. The number of thiophene rings is 1. The number of hydrogen-bond acceptors (Lipinski definition) is 3. The molecule has 1 aromatic heterocycles. The van der Waals surface area contributed by atoms with Gasteiger partial charge >= 0.3 is 0 Å². The molecule has 1 heterocycles. The minimum absolute atomic E-state index is 0.0131. The molecule has 1 aliphatic carbocycles. The van der Waals surface area contributed by atoms with Crippen molar-refractivity contribution >= 4 is 39.1 Å². The molecule has 110 valence electrons. The number of nitrogens with zero attached hydrogens (tertiary/aromatic N) is 1. The van der Waals surface area contributed by atoms with Gasteiger partial charge in [0.15, 0.2) is 0 Å². The first kappa shape index (κ1) is 15.5. The molecule has 1 aromatic rings. The van der Waals surface area contributed by atoms with Crippen LogP contribution in [0.1, 0.15) is 41.8 Å². The number of rotatable bonds is 4. The number of nitrogens with one attached hydrogen (secondary N) is 1. The summed E-state index contributed by atoms with van der Waals surface area (Å²) in [5.41, 5.74) is 0. The van der Waals surface area contributed by atoms with Crippen LogP contribution in [0.2, 0.25) is 0 Å². The Balaban J connectivity index is 1.80. The summed E-state index contributed by atoms with van der Waals surface area (Å²) in [5.74, 6) is -0.202. The van der Waals surface area contributed by atoms with Crippen LogP contribution in [-0.2, 0) is 4.79 Å². The van der Waals surface area contributed by atoms with Crippen LogP contribution in [0.3, 0.4) is 0 Å². The predicted octanol–water partition coefficient (Wildman–Crippen LogP) is 3.03. The molecular formula is C14H19BrN2O2S. The van der Waals surface area contributed by atoms with Crippen LogP contribution in [0, 0.1) is 0 Å². The van der Waals surface area contributed by atoms with Crippen LogP contribution in [0.5, 0.6) is 0 Å². The van der Waals surface area contributed by atoms with E-state index in [4.69, 9.17) is 0 Å². The quantitative estimate of drug-likeness (QED) is 0.899. The topological polar surface area (TPSA) is 49.4 Å². The molecule has 2 rings (SSSR count). The number of halogens is 1. The van der Waals surface area contributed by atoms with Gasteiger partial charge in [-0.1, -0.05) is 19.3 Å². The molecule has 6 heteroatoms. The van der Waals surface area contributed by atoms with Gasteiger partial charge in [0.1, 0.15) is 0 Å². The van der Waals surface area contributed by atoms with Crippen LogP contribution in [-0.4, -0.2) is 36.3 Å². The SMILES string of the molecule is CN(C(=O)CNC(=O)c1ccc(Br)s1)C1CCCCC1. The van der Waals surface area contributed by atoms with E-state index >= 15 is 0 Å². The molecule has 0 atom stereocenters. The summed E-state index contributed by atoms with van der Waals surface area (Å²) in [6, 6.07) is 3.92. The van der Waals surface area contributed by atoms with Crippen molar-refractivity contribution in [2.45, 2.75) is 38.1 Å². The van der Waals surface area contributed by atoms with Gasteiger partial charge in [-0.3, -0.25) is 9.59 Å². The maximum Gasteiger partial charge on any atom is 0.261 e. The largest absolute Gasteiger partial charge is 0.342 e. The van der Waals surface area contributed by atoms with Gasteiger partial charge in [0.2, 0.25) is 5.91 Å². The number of amides is 2. The second kappa shape index (κ2) is 7.22. The fourth-order valence-corrected chi connectivity index (χ4v) is 3.78. The third-order valence-corrected chi connectivity index (χ3v) is 5.34. The van der Waals surface area contributed by atoms with E-state index in [-0.39, 0.29) is 18.4 Å². The van der Waals surface area contributed by atoms with Crippen molar-refractivity contribution in [2.75, 3.05) is 13.6 Å². The Kier molecular flexibility index (Phi) is 5.60. The van der Waals surface area contributed by atoms with E-state index in [9.17, 15) is 9.59 Å². The van der Waals surface area contributed by atoms with Crippen LogP contribution in [0.15, 0.2) is 15.9 Å². The van der Waals surface area contributed by atoms with Gasteiger partial charge in [0.05, 0.1) is 15.2 Å². The van der Waals surface area contributed by atoms with Crippen LogP contribution >= 0.6 is 27.3 Å². The van der Waals surface area contributed by atoms with Crippen LogP contribution in [0.25, 0.3) is 0 Å². The second-order valence-electron chi connectivity index (χ2n) is 5.08. The van der Waals surface area contributed by atoms with Crippen LogP contribution in [0.4, 0.5) is 0 Å². The zero-order valence-electron chi connectivity index (χ0n) is 11.5. The summed E-state index contributed by atoms with van der Waals surface area (Å²) in [7, 11) is 1.84. The van der Waals surface area contributed by atoms with Gasteiger partial charge < -0.3 is 10.2 Å². The van der Waals surface area contributed by atoms with Crippen molar-refractivity contribution in [2.24, 2.45) is 0 Å². The molecule has 20 heavy (non-hydrogen) atoms. The molecule has 0 aliphatic heterocycles. The Morgan fingerprint density at radius 3 is 2.65 bits per heavy atom. The maximum absolute atomic E-state index is 12.1. The average molecular weight is 359 g/mol. The van der Waals surface area contributed by atoms with Crippen molar-refractivity contribution in [1.82, 2.24) is 10.2 Å². The highest BCUT2D eigenvalue weighted by Gasteiger charge is 2.22. The molecule has 4 nitrogen and oxygen atoms in total. The fraction of sp³-hybridized carbons (Fsp3) is 0.571. The van der Waals surface area contributed by atoms with E-state index in [0.717, 1.165) is 16.6 Å². The minimum Gasteiger partial charge on any atom is -0.342 e. The van der Waals surface area contributed by atoms with E-state index < -0.39 is 0 Å². The van der Waals surface area contributed by atoms with Crippen LogP contribution < -0.4 is 5.32 Å². The Morgan fingerprint density at radius 2 is 2.05 bits per heavy atom. The number of carbonyl (C=O) groups is 2. The standard InChI is InChI=1S/C14H19BrN2O2S/c1-17(10-5-3-2-4-6-10)13(18)9-16-14(19)11-7-8-12(15)20-11/h7-8,10H,2-6,9H2,1H3,(H,16,19). The van der Waals surface area contributed by atoms with E-state index in [1.807, 2.05) is 13.1 Å². The Bertz CT molecular complexity index is 483. The summed E-state index contributed by atoms with van der Waals surface area (Å²) >= 11 is 4.68. The monoisotopic (exact) mass is 358 g/mol. The van der Waals surface area contributed by atoms with Gasteiger partial charge in [-0.25, -0.2) is 0 Å². The van der Waals surface area contributed by atoms with Crippen molar-refractivity contribution in [3.05, 3.63) is 20.8 Å². The molecule has 2 amide bonds. The maximum atomic E-state index is 12.1. The van der Waals surface area contributed by atoms with Gasteiger partial charge in [-0.05, 0) is 40.9 Å². The molecular weight excluding hydrogens is 340 g/mol. The summed E-state index contributed by atoms with van der Waals surface area (Å²) in [6.07, 6.45) is 5.81. The highest BCUT2D eigenvalue weighted by molar-refractivity contribution is 9.11. The zero-order chi connectivity index (χ0) is 14.5. The zero-order valence-corrected chi connectivity index (χ0v) is 13.9. The van der Waals surface area contributed by atoms with E-state index in [0.29, 0.717) is 10.9 Å². The molecule has 1 fully saturated rings. The average Bonchev–Trinajstić information content (AvgIpc) is 2.91. The molecule has 1 saturated carbocycles. The highest BCUT2D eigenvalue weighted by atomic mass is 79.9. The predicted molar refractivity (Wildman–Crippen MR) is 84.0 cm³/mol. The summed E-state index contributed by atoms with van der Waals surface area (Å²) in [5, 5.41) is 2.69. The second-order valence-corrected chi connectivity index (χ2v) is 7.55. The molecule has 0 aromatic carbocycles. The van der Waals surface area contributed by atoms with E-state index in [2.05, 4.69) is 21.2 Å². The molecule has 1 aliphatic rings. The normalized spacial score (nSPS) is 15.9. The van der Waals surface area contributed by atoms with Crippen molar-refractivity contribution < 1.29 is 9.59 Å². The lowest BCUT2D eigenvalue weighted by Crippen LogP contribution is -2.43. The molecule has 0 bridgehead atoms. The first-order chi connectivity index (χ1) is 9.58. The Morgan fingerprint density at radius 1 is 1.35 bits per heavy atom. The summed E-state index contributed by atoms with van der Waals surface area (Å²) in [6.45, 7) is 0.0708. The number of carbonyl (C=O) groups excluding carboxylic acids is 2. The smallest absolute Gasteiger partial charge is 0.261 e. The molecule has 0 spiro atoms. The lowest BCUT2D eigenvalue weighted by atomic mass is 9.94. The third-order valence-electron chi connectivity index (χ3n) is 3.71. The van der Waals surface area contributed by atoms with Crippen molar-refractivity contribution in [3.63, 3.8) is 0 Å². The Labute approximate surface area is 131 Å². The minimum atomic E-state index is -0.189. The van der Waals surface area contributed by atoms with Gasteiger partial charge in [0.25, 0.3) is 5.91 Å². The Hall–Kier alpha value is -0.880. The van der Waals surface area contributed by atoms with Gasteiger partial charge in [-0.15, -0.1) is 11.3 Å². The summed E-state index contributed by atoms with van der Waals surface area (Å²) in [4.78, 5) is 26.4. The number of likely N-dealkylation sites (N-methyl/N-ethyl adjacent to an activating group) is 1. The lowest BCUT2D eigenvalue weighted by Gasteiger charge is -2.31. The first-order valence-electron chi connectivity index (χ1n) is 6.87. The van der Waals surface area contributed by atoms with E-state index in [1.165, 1.54) is 30.6 Å². The van der Waals surface area contributed by atoms with E-state index in [1.54, 1.807) is 11.0 Å². The van der Waals surface area contributed by atoms with Gasteiger partial charge in [-0.2, -0.15) is 0 Å². The molecule has 0 saturated heterocycles. The molecule has 0 radical (unpaired) electrons. The first-order valence-corrected chi connectivity index (χ1v) is 8.48. The molecule has 1 N–H and O–H groups in total. The highest BCUT2D eigenvalue weighted by Crippen LogP contribution is 2.22.